The van der Waals surface area contributed by atoms with E-state index in [9.17, 15) is 9.46 Å². The standard InChI is InChI=1S/C13H23O3PSi/c1-7-16-17(14,15)13-10(2)8-12(9-11(13)3)18(4,5)6/h8-9H,7H2,1-6H3,(H,14,15). The molecule has 0 aliphatic rings. The van der Waals surface area contributed by atoms with Gasteiger partial charge in [0.1, 0.15) is 0 Å². The van der Waals surface area contributed by atoms with E-state index in [-0.39, 0.29) is 6.61 Å². The molecule has 0 amide bonds. The van der Waals surface area contributed by atoms with Crippen molar-refractivity contribution in [3.63, 3.8) is 0 Å². The average Bonchev–Trinajstić information content (AvgIpc) is 2.13. The summed E-state index contributed by atoms with van der Waals surface area (Å²) in [6, 6.07) is 4.08. The maximum Gasteiger partial charge on any atom is 0.359 e. The molecule has 0 saturated heterocycles. The van der Waals surface area contributed by atoms with Crippen molar-refractivity contribution in [1.29, 1.82) is 0 Å². The van der Waals surface area contributed by atoms with Gasteiger partial charge in [0.15, 0.2) is 0 Å². The van der Waals surface area contributed by atoms with E-state index in [0.29, 0.717) is 5.30 Å². The van der Waals surface area contributed by atoms with Gasteiger partial charge < -0.3 is 9.42 Å². The van der Waals surface area contributed by atoms with Crippen LogP contribution in [0.2, 0.25) is 19.6 Å². The first-order valence-electron chi connectivity index (χ1n) is 6.19. The fourth-order valence-electron chi connectivity index (χ4n) is 2.07. The molecule has 1 aromatic carbocycles. The van der Waals surface area contributed by atoms with Crippen LogP contribution in [0, 0.1) is 13.8 Å². The van der Waals surface area contributed by atoms with E-state index < -0.39 is 15.7 Å². The minimum absolute atomic E-state index is 0.239. The summed E-state index contributed by atoms with van der Waals surface area (Å²) in [6.07, 6.45) is 0. The van der Waals surface area contributed by atoms with E-state index in [2.05, 4.69) is 19.6 Å². The first-order chi connectivity index (χ1) is 8.09. The van der Waals surface area contributed by atoms with Gasteiger partial charge in [-0.25, -0.2) is 0 Å². The van der Waals surface area contributed by atoms with Gasteiger partial charge in [-0.3, -0.25) is 4.57 Å². The smallest absolute Gasteiger partial charge is 0.321 e. The van der Waals surface area contributed by atoms with Crippen LogP contribution in [0.3, 0.4) is 0 Å². The first-order valence-corrected chi connectivity index (χ1v) is 11.3. The molecule has 0 aliphatic heterocycles. The molecule has 1 N–H and O–H groups in total. The third kappa shape index (κ3) is 3.32. The predicted molar refractivity (Wildman–Crippen MR) is 80.0 cm³/mol. The Bertz CT molecular complexity index is 468. The molecule has 0 radical (unpaired) electrons. The molecule has 1 rings (SSSR count). The van der Waals surface area contributed by atoms with Gasteiger partial charge in [-0.1, -0.05) is 37.0 Å². The van der Waals surface area contributed by atoms with Crippen LogP contribution in [-0.4, -0.2) is 19.6 Å². The first kappa shape index (κ1) is 15.6. The fraction of sp³-hybridized carbons (Fsp3) is 0.538. The van der Waals surface area contributed by atoms with Crippen molar-refractivity contribution in [3.8, 4) is 0 Å². The maximum atomic E-state index is 12.2. The van der Waals surface area contributed by atoms with Crippen molar-refractivity contribution in [2.75, 3.05) is 6.61 Å². The molecule has 18 heavy (non-hydrogen) atoms. The van der Waals surface area contributed by atoms with Crippen molar-refractivity contribution in [2.24, 2.45) is 0 Å². The van der Waals surface area contributed by atoms with Gasteiger partial charge in [-0.2, -0.15) is 0 Å². The molecule has 0 spiro atoms. The summed E-state index contributed by atoms with van der Waals surface area (Å²) in [5.74, 6) is 0. The Morgan fingerprint density at radius 2 is 1.67 bits per heavy atom. The zero-order valence-electron chi connectivity index (χ0n) is 12.1. The Hall–Kier alpha value is -0.413. The van der Waals surface area contributed by atoms with Crippen LogP contribution in [0.5, 0.6) is 0 Å². The van der Waals surface area contributed by atoms with E-state index in [4.69, 9.17) is 4.52 Å². The van der Waals surface area contributed by atoms with Crippen molar-refractivity contribution >= 4 is 26.2 Å². The van der Waals surface area contributed by atoms with Gasteiger partial charge in [0, 0.05) is 0 Å². The third-order valence-electron chi connectivity index (χ3n) is 2.94. The summed E-state index contributed by atoms with van der Waals surface area (Å²) >= 11 is 0. The lowest BCUT2D eigenvalue weighted by atomic mass is 10.1. The Morgan fingerprint density at radius 3 is 2.00 bits per heavy atom. The zero-order chi connectivity index (χ0) is 14.1. The Morgan fingerprint density at radius 1 is 1.22 bits per heavy atom. The third-order valence-corrected chi connectivity index (χ3v) is 6.84. The molecule has 0 heterocycles. The van der Waals surface area contributed by atoms with Crippen molar-refractivity contribution in [3.05, 3.63) is 23.3 Å². The number of aryl methyl sites for hydroxylation is 2. The molecule has 3 nitrogen and oxygen atoms in total. The van der Waals surface area contributed by atoms with E-state index in [1.165, 1.54) is 5.19 Å². The molecule has 0 fully saturated rings. The molecule has 0 saturated carbocycles. The fourth-order valence-corrected chi connectivity index (χ4v) is 4.87. The highest BCUT2D eigenvalue weighted by atomic mass is 31.2. The lowest BCUT2D eigenvalue weighted by Crippen LogP contribution is -2.39. The van der Waals surface area contributed by atoms with Gasteiger partial charge in [0.05, 0.1) is 20.0 Å². The summed E-state index contributed by atoms with van der Waals surface area (Å²) < 4.78 is 17.2. The minimum Gasteiger partial charge on any atom is -0.321 e. The van der Waals surface area contributed by atoms with Crippen LogP contribution in [-0.2, 0) is 9.09 Å². The highest BCUT2D eigenvalue weighted by molar-refractivity contribution is 7.61. The highest BCUT2D eigenvalue weighted by Crippen LogP contribution is 2.42. The second kappa shape index (κ2) is 5.30. The molecular formula is C13H23O3PSi. The Balaban J connectivity index is 3.38. The van der Waals surface area contributed by atoms with Crippen LogP contribution in [0.1, 0.15) is 18.1 Å². The molecular weight excluding hydrogens is 263 g/mol. The topological polar surface area (TPSA) is 46.5 Å². The van der Waals surface area contributed by atoms with Crippen LogP contribution in [0.4, 0.5) is 0 Å². The molecule has 1 unspecified atom stereocenters. The SMILES string of the molecule is CCOP(=O)(O)c1c(C)cc([Si](C)(C)C)cc1C. The van der Waals surface area contributed by atoms with Gasteiger partial charge in [-0.15, -0.1) is 0 Å². The lowest BCUT2D eigenvalue weighted by molar-refractivity contribution is 0.284. The molecule has 5 heteroatoms. The average molecular weight is 286 g/mol. The van der Waals surface area contributed by atoms with E-state index >= 15 is 0 Å². The van der Waals surface area contributed by atoms with Gasteiger partial charge in [-0.05, 0) is 31.9 Å². The van der Waals surface area contributed by atoms with E-state index in [1.807, 2.05) is 26.0 Å². The lowest BCUT2D eigenvalue weighted by Gasteiger charge is -2.22. The number of hydrogen-bond acceptors (Lipinski definition) is 2. The van der Waals surface area contributed by atoms with Crippen LogP contribution in [0.15, 0.2) is 12.1 Å². The van der Waals surface area contributed by atoms with E-state index in [1.54, 1.807) is 6.92 Å². The van der Waals surface area contributed by atoms with Crippen molar-refractivity contribution in [1.82, 2.24) is 0 Å². The Kier molecular flexibility index (Phi) is 4.60. The van der Waals surface area contributed by atoms with Crippen LogP contribution < -0.4 is 10.5 Å². The van der Waals surface area contributed by atoms with Crippen LogP contribution >= 0.6 is 7.60 Å². The largest absolute Gasteiger partial charge is 0.359 e. The maximum absolute atomic E-state index is 12.2. The summed E-state index contributed by atoms with van der Waals surface area (Å²) in [7, 11) is -5.09. The second-order valence-electron chi connectivity index (χ2n) is 5.65. The summed E-state index contributed by atoms with van der Waals surface area (Å²) in [4.78, 5) is 9.99. The van der Waals surface area contributed by atoms with E-state index in [0.717, 1.165) is 11.1 Å². The highest BCUT2D eigenvalue weighted by Gasteiger charge is 2.28. The summed E-state index contributed by atoms with van der Waals surface area (Å²) in [6.45, 7) is 12.5. The zero-order valence-corrected chi connectivity index (χ0v) is 14.0. The predicted octanol–water partition coefficient (Wildman–Crippen LogP) is 2.70. The number of rotatable bonds is 4. The molecule has 0 bridgehead atoms. The normalized spacial score (nSPS) is 15.5. The molecule has 0 aliphatic carbocycles. The summed E-state index contributed by atoms with van der Waals surface area (Å²) in [5.41, 5.74) is 1.71. The molecule has 0 aromatic heterocycles. The number of benzene rings is 1. The number of hydrogen-bond donors (Lipinski definition) is 1. The molecule has 102 valence electrons. The monoisotopic (exact) mass is 286 g/mol. The minimum atomic E-state index is -3.68. The molecule has 1 aromatic rings. The van der Waals surface area contributed by atoms with Gasteiger partial charge in [0.2, 0.25) is 0 Å². The second-order valence-corrected chi connectivity index (χ2v) is 12.5. The van der Waals surface area contributed by atoms with Crippen LogP contribution in [0.25, 0.3) is 0 Å². The molecule has 1 atom stereocenters. The summed E-state index contributed by atoms with van der Waals surface area (Å²) in [5, 5.41) is 1.77. The van der Waals surface area contributed by atoms with Gasteiger partial charge in [0.25, 0.3) is 0 Å². The van der Waals surface area contributed by atoms with Crippen molar-refractivity contribution in [2.45, 2.75) is 40.4 Å². The Labute approximate surface area is 111 Å². The quantitative estimate of drug-likeness (QED) is 0.684. The van der Waals surface area contributed by atoms with Crippen molar-refractivity contribution < 1.29 is 14.0 Å². The van der Waals surface area contributed by atoms with Gasteiger partial charge >= 0.3 is 7.60 Å².